The molecule has 1 aromatic rings. The summed E-state index contributed by atoms with van der Waals surface area (Å²) in [6.07, 6.45) is 6.12. The monoisotopic (exact) mass is 291 g/mol. The molecular formula is C16H25N3O2. The van der Waals surface area contributed by atoms with E-state index in [9.17, 15) is 4.79 Å². The van der Waals surface area contributed by atoms with E-state index in [-0.39, 0.29) is 11.3 Å². The van der Waals surface area contributed by atoms with Gasteiger partial charge < -0.3 is 15.0 Å². The van der Waals surface area contributed by atoms with Gasteiger partial charge in [0, 0.05) is 33.1 Å². The van der Waals surface area contributed by atoms with Crippen LogP contribution in [0.15, 0.2) is 24.5 Å². The summed E-state index contributed by atoms with van der Waals surface area (Å²) in [4.78, 5) is 18.7. The molecule has 0 aromatic carbocycles. The van der Waals surface area contributed by atoms with Gasteiger partial charge in [0.1, 0.15) is 0 Å². The first-order valence-electron chi connectivity index (χ1n) is 7.52. The fourth-order valence-electron chi connectivity index (χ4n) is 2.95. The van der Waals surface area contributed by atoms with Crippen molar-refractivity contribution in [2.75, 3.05) is 40.4 Å². The number of amides is 1. The third-order valence-corrected chi connectivity index (χ3v) is 4.27. The maximum atomic E-state index is 12.8. The van der Waals surface area contributed by atoms with E-state index in [4.69, 9.17) is 4.74 Å². The van der Waals surface area contributed by atoms with E-state index in [1.165, 1.54) is 5.56 Å². The maximum Gasteiger partial charge on any atom is 0.230 e. The minimum Gasteiger partial charge on any atom is -0.384 e. The van der Waals surface area contributed by atoms with E-state index in [1.54, 1.807) is 19.5 Å². The highest BCUT2D eigenvalue weighted by Crippen LogP contribution is 2.31. The second-order valence-corrected chi connectivity index (χ2v) is 5.80. The van der Waals surface area contributed by atoms with Crippen LogP contribution in [-0.4, -0.2) is 56.2 Å². The second kappa shape index (κ2) is 7.52. The zero-order valence-corrected chi connectivity index (χ0v) is 13.0. The van der Waals surface area contributed by atoms with Crippen LogP contribution in [0.5, 0.6) is 0 Å². The molecule has 0 unspecified atom stereocenters. The van der Waals surface area contributed by atoms with Crippen molar-refractivity contribution in [1.29, 1.82) is 0 Å². The molecule has 0 saturated carbocycles. The maximum absolute atomic E-state index is 12.8. The van der Waals surface area contributed by atoms with E-state index in [0.29, 0.717) is 6.61 Å². The van der Waals surface area contributed by atoms with Gasteiger partial charge in [0.2, 0.25) is 5.91 Å². The van der Waals surface area contributed by atoms with Crippen LogP contribution in [0.3, 0.4) is 0 Å². The van der Waals surface area contributed by atoms with Gasteiger partial charge in [-0.1, -0.05) is 0 Å². The molecule has 1 N–H and O–H groups in total. The Labute approximate surface area is 126 Å². The van der Waals surface area contributed by atoms with Gasteiger partial charge >= 0.3 is 0 Å². The first kappa shape index (κ1) is 15.9. The SMILES string of the molecule is COCC1(C(=O)N(C)CCc2ccncc2)CCNCC1. The number of aromatic nitrogens is 1. The van der Waals surface area contributed by atoms with Gasteiger partial charge in [0.15, 0.2) is 0 Å². The fraction of sp³-hybridized carbons (Fsp3) is 0.625. The highest BCUT2D eigenvalue weighted by Gasteiger charge is 2.41. The minimum atomic E-state index is -0.354. The first-order valence-corrected chi connectivity index (χ1v) is 7.52. The number of nitrogens with one attached hydrogen (secondary N) is 1. The second-order valence-electron chi connectivity index (χ2n) is 5.80. The van der Waals surface area contributed by atoms with Gasteiger partial charge in [-0.2, -0.15) is 0 Å². The Kier molecular flexibility index (Phi) is 5.70. The van der Waals surface area contributed by atoms with Crippen molar-refractivity contribution in [3.05, 3.63) is 30.1 Å². The molecule has 0 bridgehead atoms. The smallest absolute Gasteiger partial charge is 0.230 e. The summed E-state index contributed by atoms with van der Waals surface area (Å²) in [5, 5.41) is 3.32. The molecule has 0 atom stereocenters. The first-order chi connectivity index (χ1) is 10.2. The van der Waals surface area contributed by atoms with Crippen LogP contribution in [0.1, 0.15) is 18.4 Å². The lowest BCUT2D eigenvalue weighted by Gasteiger charge is -2.38. The number of methoxy groups -OCH3 is 1. The molecule has 0 aliphatic carbocycles. The van der Waals surface area contributed by atoms with Crippen LogP contribution in [0, 0.1) is 5.41 Å². The van der Waals surface area contributed by atoms with Crippen molar-refractivity contribution in [2.24, 2.45) is 5.41 Å². The lowest BCUT2D eigenvalue weighted by Crippen LogP contribution is -2.51. The average molecular weight is 291 g/mol. The molecule has 0 spiro atoms. The third kappa shape index (κ3) is 4.02. The molecule has 5 heteroatoms. The fourth-order valence-corrected chi connectivity index (χ4v) is 2.95. The predicted octanol–water partition coefficient (Wildman–Crippen LogP) is 1.10. The van der Waals surface area contributed by atoms with Gasteiger partial charge in [-0.15, -0.1) is 0 Å². The van der Waals surface area contributed by atoms with Crippen LogP contribution in [0.4, 0.5) is 0 Å². The van der Waals surface area contributed by atoms with E-state index in [0.717, 1.165) is 38.9 Å². The highest BCUT2D eigenvalue weighted by molar-refractivity contribution is 5.83. The van der Waals surface area contributed by atoms with Gasteiger partial charge in [0.05, 0.1) is 12.0 Å². The number of piperidine rings is 1. The zero-order valence-electron chi connectivity index (χ0n) is 13.0. The number of hydrogen-bond acceptors (Lipinski definition) is 4. The van der Waals surface area contributed by atoms with E-state index in [2.05, 4.69) is 10.3 Å². The molecular weight excluding hydrogens is 266 g/mol. The molecule has 1 aliphatic heterocycles. The Bertz CT molecular complexity index is 439. The molecule has 21 heavy (non-hydrogen) atoms. The van der Waals surface area contributed by atoms with Crippen molar-refractivity contribution >= 4 is 5.91 Å². The molecule has 2 heterocycles. The molecule has 0 radical (unpaired) electrons. The van der Waals surface area contributed by atoms with Gasteiger partial charge in [0.25, 0.3) is 0 Å². The number of rotatable bonds is 6. The Hall–Kier alpha value is -1.46. The lowest BCUT2D eigenvalue weighted by molar-refractivity contribution is -0.146. The summed E-state index contributed by atoms with van der Waals surface area (Å²) in [5.74, 6) is 0.208. The highest BCUT2D eigenvalue weighted by atomic mass is 16.5. The van der Waals surface area contributed by atoms with E-state index < -0.39 is 0 Å². The average Bonchev–Trinajstić information content (AvgIpc) is 2.54. The minimum absolute atomic E-state index is 0.208. The van der Waals surface area contributed by atoms with Gasteiger partial charge in [-0.3, -0.25) is 9.78 Å². The molecule has 1 amide bonds. The van der Waals surface area contributed by atoms with Crippen LogP contribution in [-0.2, 0) is 16.0 Å². The van der Waals surface area contributed by atoms with Crippen molar-refractivity contribution in [1.82, 2.24) is 15.2 Å². The quantitative estimate of drug-likeness (QED) is 0.853. The van der Waals surface area contributed by atoms with Crippen LogP contribution < -0.4 is 5.32 Å². The Balaban J connectivity index is 1.96. The molecule has 116 valence electrons. The summed E-state index contributed by atoms with van der Waals surface area (Å²) in [6, 6.07) is 3.99. The van der Waals surface area contributed by atoms with Crippen molar-refractivity contribution in [3.63, 3.8) is 0 Å². The van der Waals surface area contributed by atoms with Gasteiger partial charge in [-0.25, -0.2) is 0 Å². The van der Waals surface area contributed by atoms with E-state index in [1.807, 2.05) is 24.1 Å². The number of likely N-dealkylation sites (N-methyl/N-ethyl adjacent to an activating group) is 1. The molecule has 1 saturated heterocycles. The Morgan fingerprint density at radius 2 is 2.05 bits per heavy atom. The summed E-state index contributed by atoms with van der Waals surface area (Å²) in [6.45, 7) is 3.00. The van der Waals surface area contributed by atoms with Crippen LogP contribution >= 0.6 is 0 Å². The van der Waals surface area contributed by atoms with Crippen molar-refractivity contribution in [2.45, 2.75) is 19.3 Å². The number of ether oxygens (including phenoxy) is 1. The zero-order chi connectivity index (χ0) is 15.1. The molecule has 5 nitrogen and oxygen atoms in total. The summed E-state index contributed by atoms with van der Waals surface area (Å²) in [5.41, 5.74) is 0.850. The topological polar surface area (TPSA) is 54.5 Å². The normalized spacial score (nSPS) is 17.4. The standard InChI is InChI=1S/C16H25N3O2/c1-19(12-5-14-3-8-17-9-4-14)15(20)16(13-21-2)6-10-18-11-7-16/h3-4,8-9,18H,5-7,10-13H2,1-2H3. The van der Waals surface area contributed by atoms with Crippen molar-refractivity contribution in [3.8, 4) is 0 Å². The van der Waals surface area contributed by atoms with Crippen LogP contribution in [0.25, 0.3) is 0 Å². The van der Waals surface area contributed by atoms with Crippen molar-refractivity contribution < 1.29 is 9.53 Å². The number of hydrogen-bond donors (Lipinski definition) is 1. The molecule has 1 aliphatic rings. The Morgan fingerprint density at radius 1 is 1.38 bits per heavy atom. The predicted molar refractivity (Wildman–Crippen MR) is 82.0 cm³/mol. The molecule has 1 fully saturated rings. The van der Waals surface area contributed by atoms with E-state index >= 15 is 0 Å². The largest absolute Gasteiger partial charge is 0.384 e. The number of carbonyl (C=O) groups excluding carboxylic acids is 1. The van der Waals surface area contributed by atoms with Gasteiger partial charge in [-0.05, 0) is 50.0 Å². The number of carbonyl (C=O) groups is 1. The third-order valence-electron chi connectivity index (χ3n) is 4.27. The summed E-state index contributed by atoms with van der Waals surface area (Å²) < 4.78 is 5.34. The Morgan fingerprint density at radius 3 is 2.67 bits per heavy atom. The summed E-state index contributed by atoms with van der Waals surface area (Å²) in [7, 11) is 3.57. The number of nitrogens with zero attached hydrogens (tertiary/aromatic N) is 2. The van der Waals surface area contributed by atoms with Crippen LogP contribution in [0.2, 0.25) is 0 Å². The summed E-state index contributed by atoms with van der Waals surface area (Å²) >= 11 is 0. The molecule has 2 rings (SSSR count). The lowest BCUT2D eigenvalue weighted by atomic mass is 9.78. The molecule has 1 aromatic heterocycles. The number of pyridine rings is 1.